The largest absolute Gasteiger partial charge is 0.497 e. The van der Waals surface area contributed by atoms with Crippen molar-refractivity contribution in [3.05, 3.63) is 72.6 Å². The van der Waals surface area contributed by atoms with Gasteiger partial charge in [0, 0.05) is 30.3 Å². The third-order valence-electron chi connectivity index (χ3n) is 4.16. The highest BCUT2D eigenvalue weighted by molar-refractivity contribution is 7.99. The molecule has 0 radical (unpaired) electrons. The highest BCUT2D eigenvalue weighted by Crippen LogP contribution is 2.22. The number of imidazole rings is 1. The first-order chi connectivity index (χ1) is 13.7. The molecular formula is C21H22FN3O2S. The molecule has 3 rings (SSSR count). The molecule has 1 heterocycles. The fourth-order valence-electron chi connectivity index (χ4n) is 2.66. The van der Waals surface area contributed by atoms with Crippen LogP contribution in [0.25, 0.3) is 5.69 Å². The van der Waals surface area contributed by atoms with Crippen LogP contribution in [-0.4, -0.2) is 28.3 Å². The minimum absolute atomic E-state index is 0.0329. The summed E-state index contributed by atoms with van der Waals surface area (Å²) >= 11 is 1.71. The predicted molar refractivity (Wildman–Crippen MR) is 108 cm³/mol. The standard InChI is InChI=1S/C21H22FN3O2S/c1-27-17-5-7-18(8-6-17)28-12-2-3-21(26)24-14-16-4-9-20(19(22)13-16)25-11-10-23-15-25/h4-11,13,15H,2-3,12,14H2,1H3,(H,24,26). The number of ether oxygens (including phenoxy) is 1. The Bertz CT molecular complexity index is 899. The van der Waals surface area contributed by atoms with Crippen LogP contribution in [-0.2, 0) is 11.3 Å². The van der Waals surface area contributed by atoms with E-state index < -0.39 is 0 Å². The van der Waals surface area contributed by atoms with Crippen molar-refractivity contribution in [2.45, 2.75) is 24.3 Å². The van der Waals surface area contributed by atoms with E-state index >= 15 is 0 Å². The van der Waals surface area contributed by atoms with Crippen molar-refractivity contribution in [1.29, 1.82) is 0 Å². The van der Waals surface area contributed by atoms with Gasteiger partial charge in [-0.1, -0.05) is 6.07 Å². The number of halogens is 1. The number of benzene rings is 2. The van der Waals surface area contributed by atoms with E-state index in [1.54, 1.807) is 54.3 Å². The van der Waals surface area contributed by atoms with Crippen LogP contribution in [0.5, 0.6) is 5.75 Å². The second kappa shape index (κ2) is 9.94. The fraction of sp³-hybridized carbons (Fsp3) is 0.238. The van der Waals surface area contributed by atoms with E-state index in [4.69, 9.17) is 4.74 Å². The highest BCUT2D eigenvalue weighted by atomic mass is 32.2. The van der Waals surface area contributed by atoms with Gasteiger partial charge in [0.05, 0.1) is 19.1 Å². The summed E-state index contributed by atoms with van der Waals surface area (Å²) in [6.45, 7) is 0.311. The molecule has 0 fully saturated rings. The van der Waals surface area contributed by atoms with Crippen molar-refractivity contribution in [2.75, 3.05) is 12.9 Å². The monoisotopic (exact) mass is 399 g/mol. The minimum atomic E-state index is -0.347. The number of hydrogen-bond acceptors (Lipinski definition) is 4. The van der Waals surface area contributed by atoms with Gasteiger partial charge in [-0.15, -0.1) is 11.8 Å². The van der Waals surface area contributed by atoms with E-state index in [9.17, 15) is 9.18 Å². The molecular weight excluding hydrogens is 377 g/mol. The average Bonchev–Trinajstić information content (AvgIpc) is 3.24. The van der Waals surface area contributed by atoms with Crippen molar-refractivity contribution >= 4 is 17.7 Å². The second-order valence-corrected chi connectivity index (χ2v) is 7.33. The van der Waals surface area contributed by atoms with Gasteiger partial charge < -0.3 is 14.6 Å². The van der Waals surface area contributed by atoms with Gasteiger partial charge in [0.25, 0.3) is 0 Å². The number of carbonyl (C=O) groups excluding carboxylic acids is 1. The van der Waals surface area contributed by atoms with Gasteiger partial charge in [-0.2, -0.15) is 0 Å². The molecule has 0 aliphatic rings. The molecule has 1 aromatic heterocycles. The smallest absolute Gasteiger partial charge is 0.220 e. The molecule has 0 saturated heterocycles. The zero-order valence-corrected chi connectivity index (χ0v) is 16.4. The van der Waals surface area contributed by atoms with Gasteiger partial charge in [-0.25, -0.2) is 9.37 Å². The van der Waals surface area contributed by atoms with Crippen LogP contribution in [0.15, 0.2) is 66.1 Å². The molecule has 3 aromatic rings. The first kappa shape index (κ1) is 19.9. The second-order valence-electron chi connectivity index (χ2n) is 6.16. The average molecular weight is 399 g/mol. The summed E-state index contributed by atoms with van der Waals surface area (Å²) in [5.74, 6) is 1.31. The van der Waals surface area contributed by atoms with Gasteiger partial charge in [0.15, 0.2) is 0 Å². The molecule has 28 heavy (non-hydrogen) atoms. The molecule has 7 heteroatoms. The SMILES string of the molecule is COc1ccc(SCCCC(=O)NCc2ccc(-n3ccnc3)c(F)c2)cc1. The number of thioether (sulfide) groups is 1. The lowest BCUT2D eigenvalue weighted by Gasteiger charge is -2.08. The van der Waals surface area contributed by atoms with Crippen molar-refractivity contribution in [3.63, 3.8) is 0 Å². The van der Waals surface area contributed by atoms with Gasteiger partial charge in [0.1, 0.15) is 11.6 Å². The van der Waals surface area contributed by atoms with Crippen molar-refractivity contribution < 1.29 is 13.9 Å². The molecule has 2 aromatic carbocycles. The van der Waals surface area contributed by atoms with E-state index in [2.05, 4.69) is 10.3 Å². The highest BCUT2D eigenvalue weighted by Gasteiger charge is 2.07. The number of rotatable bonds is 9. The Morgan fingerprint density at radius 2 is 2.07 bits per heavy atom. The van der Waals surface area contributed by atoms with Gasteiger partial charge in [-0.3, -0.25) is 4.79 Å². The van der Waals surface area contributed by atoms with Crippen molar-refractivity contribution in [1.82, 2.24) is 14.9 Å². The molecule has 0 saturated carbocycles. The lowest BCUT2D eigenvalue weighted by Crippen LogP contribution is -2.22. The molecule has 0 bridgehead atoms. The van der Waals surface area contributed by atoms with E-state index in [1.165, 1.54) is 6.07 Å². The maximum Gasteiger partial charge on any atom is 0.220 e. The Morgan fingerprint density at radius 3 is 2.75 bits per heavy atom. The third-order valence-corrected chi connectivity index (χ3v) is 5.26. The molecule has 5 nitrogen and oxygen atoms in total. The van der Waals surface area contributed by atoms with Crippen molar-refractivity contribution in [2.24, 2.45) is 0 Å². The van der Waals surface area contributed by atoms with Crippen molar-refractivity contribution in [3.8, 4) is 11.4 Å². The number of aromatic nitrogens is 2. The quantitative estimate of drug-likeness (QED) is 0.433. The van der Waals surface area contributed by atoms with Gasteiger partial charge in [0.2, 0.25) is 5.91 Å². The van der Waals surface area contributed by atoms with Crippen LogP contribution in [0.1, 0.15) is 18.4 Å². The molecule has 0 aliphatic heterocycles. The molecule has 1 N–H and O–H groups in total. The van der Waals surface area contributed by atoms with Gasteiger partial charge >= 0.3 is 0 Å². The fourth-order valence-corrected chi connectivity index (χ4v) is 3.51. The predicted octanol–water partition coefficient (Wildman–Crippen LogP) is 4.21. The topological polar surface area (TPSA) is 56.1 Å². The van der Waals surface area contributed by atoms with Crippen LogP contribution in [0.2, 0.25) is 0 Å². The Labute approximate surface area is 167 Å². The first-order valence-corrected chi connectivity index (χ1v) is 9.94. The number of nitrogens with zero attached hydrogens (tertiary/aromatic N) is 2. The summed E-state index contributed by atoms with van der Waals surface area (Å²) in [7, 11) is 1.64. The lowest BCUT2D eigenvalue weighted by atomic mass is 10.2. The molecule has 146 valence electrons. The molecule has 0 unspecified atom stereocenters. The summed E-state index contributed by atoms with van der Waals surface area (Å²) in [6.07, 6.45) is 6.04. The van der Waals surface area contributed by atoms with E-state index in [-0.39, 0.29) is 11.7 Å². The third kappa shape index (κ3) is 5.60. The van der Waals surface area contributed by atoms with E-state index in [0.717, 1.165) is 28.4 Å². The zero-order chi connectivity index (χ0) is 19.8. The van der Waals surface area contributed by atoms with Gasteiger partial charge in [-0.05, 0) is 54.1 Å². The van der Waals surface area contributed by atoms with E-state index in [0.29, 0.717) is 18.7 Å². The van der Waals surface area contributed by atoms with Crippen LogP contribution in [0.4, 0.5) is 4.39 Å². The Hall–Kier alpha value is -2.80. The van der Waals surface area contributed by atoms with Crippen LogP contribution in [0, 0.1) is 5.82 Å². The normalized spacial score (nSPS) is 10.6. The Balaban J connectivity index is 1.38. The maximum atomic E-state index is 14.2. The van der Waals surface area contributed by atoms with Crippen LogP contribution >= 0.6 is 11.8 Å². The summed E-state index contributed by atoms with van der Waals surface area (Å²) in [5, 5.41) is 2.84. The molecule has 1 amide bonds. The number of hydrogen-bond donors (Lipinski definition) is 1. The number of methoxy groups -OCH3 is 1. The number of amides is 1. The lowest BCUT2D eigenvalue weighted by molar-refractivity contribution is -0.121. The Kier molecular flexibility index (Phi) is 7.08. The summed E-state index contributed by atoms with van der Waals surface area (Å²) < 4.78 is 21.0. The first-order valence-electron chi connectivity index (χ1n) is 8.96. The summed E-state index contributed by atoms with van der Waals surface area (Å²) in [5.41, 5.74) is 1.16. The van der Waals surface area contributed by atoms with Crippen LogP contribution < -0.4 is 10.1 Å². The number of nitrogens with one attached hydrogen (secondary N) is 1. The maximum absolute atomic E-state index is 14.2. The molecule has 0 spiro atoms. The van der Waals surface area contributed by atoms with Crippen LogP contribution in [0.3, 0.4) is 0 Å². The zero-order valence-electron chi connectivity index (χ0n) is 15.6. The minimum Gasteiger partial charge on any atom is -0.497 e. The molecule has 0 aliphatic carbocycles. The molecule has 0 atom stereocenters. The summed E-state index contributed by atoms with van der Waals surface area (Å²) in [6, 6.07) is 12.8. The number of carbonyl (C=O) groups is 1. The Morgan fingerprint density at radius 1 is 1.25 bits per heavy atom. The summed E-state index contributed by atoms with van der Waals surface area (Å²) in [4.78, 5) is 17.1. The van der Waals surface area contributed by atoms with E-state index in [1.807, 2.05) is 24.3 Å².